The number of nitrogens with zero attached hydrogens (tertiary/aromatic N) is 1. The van der Waals surface area contributed by atoms with Crippen LogP contribution in [0.25, 0.3) is 0 Å². The first-order valence-corrected chi connectivity index (χ1v) is 6.72. The van der Waals surface area contributed by atoms with E-state index in [-0.39, 0.29) is 11.9 Å². The zero-order valence-electron chi connectivity index (χ0n) is 12.7. The normalized spacial score (nSPS) is 11.8. The highest BCUT2D eigenvalue weighted by Crippen LogP contribution is 2.28. The summed E-state index contributed by atoms with van der Waals surface area (Å²) in [5.74, 6) is 1.55. The lowest BCUT2D eigenvalue weighted by Gasteiger charge is -2.15. The van der Waals surface area contributed by atoms with Crippen molar-refractivity contribution in [1.29, 1.82) is 0 Å². The number of nitrogens with two attached hydrogens (primary N) is 1. The highest BCUT2D eigenvalue weighted by molar-refractivity contribution is 5.75. The topological polar surface area (TPSA) is 64.8 Å². The van der Waals surface area contributed by atoms with Crippen LogP contribution in [0, 0.1) is 0 Å². The molecule has 1 rings (SSSR count). The Morgan fingerprint density at radius 2 is 2.10 bits per heavy atom. The Kier molecular flexibility index (Phi) is 6.31. The van der Waals surface area contributed by atoms with E-state index in [0.717, 1.165) is 17.1 Å². The summed E-state index contributed by atoms with van der Waals surface area (Å²) in [5.41, 5.74) is 6.85. The average molecular weight is 280 g/mol. The lowest BCUT2D eigenvalue weighted by Crippen LogP contribution is -2.21. The molecule has 0 fully saturated rings. The average Bonchev–Trinajstić information content (AvgIpc) is 2.42. The molecule has 0 bridgehead atoms. The fourth-order valence-corrected chi connectivity index (χ4v) is 1.77. The van der Waals surface area contributed by atoms with Crippen molar-refractivity contribution >= 4 is 5.91 Å². The molecule has 0 saturated carbocycles. The van der Waals surface area contributed by atoms with Crippen molar-refractivity contribution in [3.05, 3.63) is 23.8 Å². The van der Waals surface area contributed by atoms with E-state index in [2.05, 4.69) is 0 Å². The Morgan fingerprint density at radius 1 is 1.40 bits per heavy atom. The number of carbonyl (C=O) groups excluding carboxylic acids is 1. The van der Waals surface area contributed by atoms with E-state index < -0.39 is 0 Å². The van der Waals surface area contributed by atoms with Crippen molar-refractivity contribution in [2.75, 3.05) is 27.8 Å². The number of ether oxygens (including phenoxy) is 2. The zero-order chi connectivity index (χ0) is 15.1. The molecule has 1 aromatic carbocycles. The Morgan fingerprint density at radius 3 is 2.65 bits per heavy atom. The van der Waals surface area contributed by atoms with Crippen LogP contribution in [-0.2, 0) is 4.79 Å². The molecule has 112 valence electrons. The maximum atomic E-state index is 11.5. The quantitative estimate of drug-likeness (QED) is 0.775. The molecular weight excluding hydrogens is 256 g/mol. The molecule has 0 aliphatic rings. The van der Waals surface area contributed by atoms with E-state index >= 15 is 0 Å². The first-order valence-electron chi connectivity index (χ1n) is 6.72. The predicted molar refractivity (Wildman–Crippen MR) is 79.0 cm³/mol. The Bertz CT molecular complexity index is 445. The second kappa shape index (κ2) is 7.75. The highest BCUT2D eigenvalue weighted by atomic mass is 16.5. The van der Waals surface area contributed by atoms with Crippen LogP contribution < -0.4 is 15.2 Å². The van der Waals surface area contributed by atoms with E-state index in [4.69, 9.17) is 15.2 Å². The van der Waals surface area contributed by atoms with Crippen LogP contribution in [-0.4, -0.2) is 38.6 Å². The minimum Gasteiger partial charge on any atom is -0.497 e. The Labute approximate surface area is 120 Å². The monoisotopic (exact) mass is 280 g/mol. The lowest BCUT2D eigenvalue weighted by molar-refractivity contribution is -0.128. The first-order chi connectivity index (χ1) is 9.45. The summed E-state index contributed by atoms with van der Waals surface area (Å²) in [6.45, 7) is 2.39. The standard InChI is InChI=1S/C15H24N2O3/c1-11(16)13-8-7-12(19-4)10-14(13)20-9-5-6-15(18)17(2)3/h7-8,10-11H,5-6,9,16H2,1-4H3/t11-/m1/s1. The molecule has 0 saturated heterocycles. The van der Waals surface area contributed by atoms with Crippen molar-refractivity contribution < 1.29 is 14.3 Å². The van der Waals surface area contributed by atoms with Crippen molar-refractivity contribution in [3.63, 3.8) is 0 Å². The van der Waals surface area contributed by atoms with Gasteiger partial charge in [0.05, 0.1) is 13.7 Å². The third-order valence-corrected chi connectivity index (χ3v) is 3.00. The van der Waals surface area contributed by atoms with Crippen molar-refractivity contribution in [2.24, 2.45) is 5.73 Å². The van der Waals surface area contributed by atoms with E-state index in [1.54, 1.807) is 26.1 Å². The summed E-state index contributed by atoms with van der Waals surface area (Å²) in [6, 6.07) is 5.48. The fourth-order valence-electron chi connectivity index (χ4n) is 1.77. The largest absolute Gasteiger partial charge is 0.497 e. The summed E-state index contributed by atoms with van der Waals surface area (Å²) in [4.78, 5) is 13.0. The van der Waals surface area contributed by atoms with Gasteiger partial charge in [0.2, 0.25) is 5.91 Å². The third-order valence-electron chi connectivity index (χ3n) is 3.00. The predicted octanol–water partition coefficient (Wildman–Crippen LogP) is 1.96. The van der Waals surface area contributed by atoms with Crippen LogP contribution >= 0.6 is 0 Å². The minimum atomic E-state index is -0.112. The Hall–Kier alpha value is -1.75. The van der Waals surface area contributed by atoms with Gasteiger partial charge in [-0.15, -0.1) is 0 Å². The number of hydrogen-bond acceptors (Lipinski definition) is 4. The third kappa shape index (κ3) is 4.74. The van der Waals surface area contributed by atoms with Gasteiger partial charge in [0.25, 0.3) is 0 Å². The maximum absolute atomic E-state index is 11.5. The number of amides is 1. The molecular formula is C15H24N2O3. The van der Waals surface area contributed by atoms with Gasteiger partial charge in [-0.25, -0.2) is 0 Å². The molecule has 1 atom stereocenters. The van der Waals surface area contributed by atoms with E-state index in [1.807, 2.05) is 25.1 Å². The first kappa shape index (κ1) is 16.3. The maximum Gasteiger partial charge on any atom is 0.222 e. The number of carbonyl (C=O) groups is 1. The van der Waals surface area contributed by atoms with Gasteiger partial charge in [-0.1, -0.05) is 6.07 Å². The molecule has 0 spiro atoms. The molecule has 0 aromatic heterocycles. The van der Waals surface area contributed by atoms with E-state index in [1.165, 1.54) is 0 Å². The van der Waals surface area contributed by atoms with Gasteiger partial charge in [0.15, 0.2) is 0 Å². The minimum absolute atomic E-state index is 0.103. The lowest BCUT2D eigenvalue weighted by atomic mass is 10.1. The number of rotatable bonds is 7. The summed E-state index contributed by atoms with van der Waals surface area (Å²) < 4.78 is 10.9. The van der Waals surface area contributed by atoms with Gasteiger partial charge in [-0.2, -0.15) is 0 Å². The molecule has 1 aromatic rings. The molecule has 5 nitrogen and oxygen atoms in total. The van der Waals surface area contributed by atoms with Crippen LogP contribution in [0.1, 0.15) is 31.4 Å². The molecule has 1 amide bonds. The smallest absolute Gasteiger partial charge is 0.222 e. The van der Waals surface area contributed by atoms with E-state index in [9.17, 15) is 4.79 Å². The second-order valence-electron chi connectivity index (χ2n) is 4.93. The van der Waals surface area contributed by atoms with Crippen LogP contribution in [0.5, 0.6) is 11.5 Å². The summed E-state index contributed by atoms with van der Waals surface area (Å²) in [5, 5.41) is 0. The number of hydrogen-bond donors (Lipinski definition) is 1. The van der Waals surface area contributed by atoms with Crippen molar-refractivity contribution in [3.8, 4) is 11.5 Å². The molecule has 0 aliphatic carbocycles. The summed E-state index contributed by atoms with van der Waals surface area (Å²) >= 11 is 0. The van der Waals surface area contributed by atoms with Crippen LogP contribution in [0.15, 0.2) is 18.2 Å². The molecule has 5 heteroatoms. The van der Waals surface area contributed by atoms with Gasteiger partial charge in [0.1, 0.15) is 11.5 Å². The van der Waals surface area contributed by atoms with E-state index in [0.29, 0.717) is 19.4 Å². The van der Waals surface area contributed by atoms with Crippen LogP contribution in [0.3, 0.4) is 0 Å². The zero-order valence-corrected chi connectivity index (χ0v) is 12.7. The van der Waals surface area contributed by atoms with Gasteiger partial charge in [-0.3, -0.25) is 4.79 Å². The molecule has 0 radical (unpaired) electrons. The molecule has 2 N–H and O–H groups in total. The molecule has 0 heterocycles. The summed E-state index contributed by atoms with van der Waals surface area (Å²) in [7, 11) is 5.11. The van der Waals surface area contributed by atoms with Gasteiger partial charge in [0, 0.05) is 38.2 Å². The Balaban J connectivity index is 2.59. The second-order valence-corrected chi connectivity index (χ2v) is 4.93. The molecule has 0 aliphatic heterocycles. The van der Waals surface area contributed by atoms with Crippen LogP contribution in [0.2, 0.25) is 0 Å². The summed E-state index contributed by atoms with van der Waals surface area (Å²) in [6.07, 6.45) is 1.15. The molecule has 20 heavy (non-hydrogen) atoms. The van der Waals surface area contributed by atoms with Crippen molar-refractivity contribution in [1.82, 2.24) is 4.90 Å². The van der Waals surface area contributed by atoms with Crippen molar-refractivity contribution in [2.45, 2.75) is 25.8 Å². The molecule has 0 unspecified atom stereocenters. The van der Waals surface area contributed by atoms with Crippen LogP contribution in [0.4, 0.5) is 0 Å². The van der Waals surface area contributed by atoms with Gasteiger partial charge in [-0.05, 0) is 19.4 Å². The number of benzene rings is 1. The highest BCUT2D eigenvalue weighted by Gasteiger charge is 2.10. The number of methoxy groups -OCH3 is 1. The SMILES string of the molecule is COc1ccc([C@@H](C)N)c(OCCCC(=O)N(C)C)c1. The van der Waals surface area contributed by atoms with Gasteiger partial charge < -0.3 is 20.1 Å². The van der Waals surface area contributed by atoms with Gasteiger partial charge >= 0.3 is 0 Å². The fraction of sp³-hybridized carbons (Fsp3) is 0.533.